The van der Waals surface area contributed by atoms with Crippen LogP contribution in [0.3, 0.4) is 0 Å². The van der Waals surface area contributed by atoms with E-state index in [1.54, 1.807) is 31.2 Å². The molecule has 0 spiro atoms. The quantitative estimate of drug-likeness (QED) is 0.579. The summed E-state index contributed by atoms with van der Waals surface area (Å²) in [5, 5.41) is 5.40. The number of hydrogen-bond acceptors (Lipinski definition) is 4. The Bertz CT molecular complexity index is 820. The first kappa shape index (κ1) is 18.8. The highest BCUT2D eigenvalue weighted by Crippen LogP contribution is 2.25. The maximum Gasteiger partial charge on any atom is 0.340 e. The first-order valence-electron chi connectivity index (χ1n) is 9.23. The van der Waals surface area contributed by atoms with Gasteiger partial charge in [0.1, 0.15) is 12.4 Å². The first-order valence-corrected chi connectivity index (χ1v) is 9.23. The standard InChI is InChI=1S/C21H24N2O4/c1-2-26-20(24)18-8-3-4-9-19(18)23-21(25)22-12-13-27-17-11-10-15-6-5-7-16(15)14-17/h3-4,8-11,14H,2,5-7,12-13H2,1H3,(H2,22,23,25). The van der Waals surface area contributed by atoms with Crippen LogP contribution < -0.4 is 15.4 Å². The predicted molar refractivity (Wildman–Crippen MR) is 103 cm³/mol. The van der Waals surface area contributed by atoms with Gasteiger partial charge >= 0.3 is 12.0 Å². The maximum atomic E-state index is 12.1. The monoisotopic (exact) mass is 368 g/mol. The Morgan fingerprint density at radius 1 is 1.07 bits per heavy atom. The molecule has 2 N–H and O–H groups in total. The van der Waals surface area contributed by atoms with Gasteiger partial charge in [-0.25, -0.2) is 9.59 Å². The number of rotatable bonds is 7. The number of carbonyl (C=O) groups is 2. The number of ether oxygens (including phenoxy) is 2. The van der Waals surface area contributed by atoms with E-state index >= 15 is 0 Å². The van der Waals surface area contributed by atoms with Crippen molar-refractivity contribution in [1.82, 2.24) is 5.32 Å². The van der Waals surface area contributed by atoms with Crippen LogP contribution in [0.15, 0.2) is 42.5 Å². The van der Waals surface area contributed by atoms with Crippen molar-refractivity contribution in [2.24, 2.45) is 0 Å². The normalized spacial score (nSPS) is 12.2. The van der Waals surface area contributed by atoms with Gasteiger partial charge in [-0.2, -0.15) is 0 Å². The van der Waals surface area contributed by atoms with E-state index in [0.717, 1.165) is 18.6 Å². The number of anilines is 1. The first-order chi connectivity index (χ1) is 13.2. The average Bonchev–Trinajstić information content (AvgIpc) is 3.14. The van der Waals surface area contributed by atoms with Gasteiger partial charge in [-0.05, 0) is 61.6 Å². The Labute approximate surface area is 158 Å². The molecule has 0 radical (unpaired) electrons. The molecular weight excluding hydrogens is 344 g/mol. The summed E-state index contributed by atoms with van der Waals surface area (Å²) in [5.74, 6) is 0.360. The van der Waals surface area contributed by atoms with Crippen molar-refractivity contribution in [3.8, 4) is 5.75 Å². The fourth-order valence-electron chi connectivity index (χ4n) is 3.12. The minimum absolute atomic E-state index is 0.277. The Morgan fingerprint density at radius 2 is 1.89 bits per heavy atom. The number of fused-ring (bicyclic) bond motifs is 1. The second-order valence-corrected chi connectivity index (χ2v) is 6.28. The molecule has 6 nitrogen and oxygen atoms in total. The second-order valence-electron chi connectivity index (χ2n) is 6.28. The summed E-state index contributed by atoms with van der Waals surface area (Å²) >= 11 is 0. The number of para-hydroxylation sites is 1. The van der Waals surface area contributed by atoms with Gasteiger partial charge in [0, 0.05) is 0 Å². The number of carbonyl (C=O) groups excluding carboxylic acids is 2. The molecule has 0 fully saturated rings. The summed E-state index contributed by atoms with van der Waals surface area (Å²) in [6.45, 7) is 2.73. The summed E-state index contributed by atoms with van der Waals surface area (Å²) in [6.07, 6.45) is 3.45. The van der Waals surface area contributed by atoms with Crippen molar-refractivity contribution in [2.45, 2.75) is 26.2 Å². The van der Waals surface area contributed by atoms with Gasteiger partial charge in [0.2, 0.25) is 0 Å². The van der Waals surface area contributed by atoms with E-state index in [4.69, 9.17) is 9.47 Å². The summed E-state index contributed by atoms with van der Waals surface area (Å²) in [4.78, 5) is 24.0. The number of urea groups is 1. The summed E-state index contributed by atoms with van der Waals surface area (Å²) in [7, 11) is 0. The summed E-state index contributed by atoms with van der Waals surface area (Å²) < 4.78 is 10.7. The number of hydrogen-bond donors (Lipinski definition) is 2. The highest BCUT2D eigenvalue weighted by molar-refractivity contribution is 6.00. The Morgan fingerprint density at radius 3 is 2.74 bits per heavy atom. The number of aryl methyl sites for hydroxylation is 2. The van der Waals surface area contributed by atoms with Crippen LogP contribution in [0.25, 0.3) is 0 Å². The Balaban J connectivity index is 1.46. The number of esters is 1. The summed E-state index contributed by atoms with van der Waals surface area (Å²) in [5.41, 5.74) is 3.49. The Hall–Kier alpha value is -3.02. The van der Waals surface area contributed by atoms with Crippen molar-refractivity contribution >= 4 is 17.7 Å². The van der Waals surface area contributed by atoms with E-state index in [9.17, 15) is 9.59 Å². The van der Waals surface area contributed by atoms with E-state index in [-0.39, 0.29) is 6.61 Å². The number of amides is 2. The van der Waals surface area contributed by atoms with Gasteiger partial charge in [-0.1, -0.05) is 18.2 Å². The van der Waals surface area contributed by atoms with Crippen LogP contribution >= 0.6 is 0 Å². The molecule has 0 unspecified atom stereocenters. The van der Waals surface area contributed by atoms with Crippen LogP contribution in [0.2, 0.25) is 0 Å². The van der Waals surface area contributed by atoms with Gasteiger partial charge in [-0.15, -0.1) is 0 Å². The van der Waals surface area contributed by atoms with Gasteiger partial charge in [-0.3, -0.25) is 0 Å². The molecule has 0 bridgehead atoms. The molecule has 2 aromatic carbocycles. The smallest absolute Gasteiger partial charge is 0.340 e. The van der Waals surface area contributed by atoms with Gasteiger partial charge < -0.3 is 20.1 Å². The third kappa shape index (κ3) is 5.00. The van der Waals surface area contributed by atoms with Crippen LogP contribution in [-0.4, -0.2) is 31.8 Å². The molecule has 1 aliphatic carbocycles. The zero-order valence-electron chi connectivity index (χ0n) is 15.4. The minimum Gasteiger partial charge on any atom is -0.492 e. The molecule has 0 saturated carbocycles. The lowest BCUT2D eigenvalue weighted by atomic mass is 10.1. The molecular formula is C21H24N2O4. The zero-order valence-corrected chi connectivity index (χ0v) is 15.4. The number of nitrogens with one attached hydrogen (secondary N) is 2. The van der Waals surface area contributed by atoms with E-state index in [1.165, 1.54) is 17.5 Å². The number of benzene rings is 2. The lowest BCUT2D eigenvalue weighted by molar-refractivity contribution is 0.0527. The van der Waals surface area contributed by atoms with Crippen molar-refractivity contribution in [2.75, 3.05) is 25.1 Å². The topological polar surface area (TPSA) is 76.7 Å². The van der Waals surface area contributed by atoms with Gasteiger partial charge in [0.05, 0.1) is 24.4 Å². The highest BCUT2D eigenvalue weighted by Gasteiger charge is 2.14. The second kappa shape index (κ2) is 9.07. The lowest BCUT2D eigenvalue weighted by Gasteiger charge is -2.12. The van der Waals surface area contributed by atoms with Crippen LogP contribution in [0.5, 0.6) is 5.75 Å². The molecule has 2 amide bonds. The van der Waals surface area contributed by atoms with Gasteiger partial charge in [0.25, 0.3) is 0 Å². The third-order valence-corrected chi connectivity index (χ3v) is 4.40. The molecule has 0 saturated heterocycles. The van der Waals surface area contributed by atoms with E-state index < -0.39 is 12.0 Å². The van der Waals surface area contributed by atoms with Crippen molar-refractivity contribution in [1.29, 1.82) is 0 Å². The van der Waals surface area contributed by atoms with Crippen LogP contribution in [0, 0.1) is 0 Å². The molecule has 27 heavy (non-hydrogen) atoms. The molecule has 3 rings (SSSR count). The minimum atomic E-state index is -0.464. The molecule has 0 aromatic heterocycles. The Kier molecular flexibility index (Phi) is 6.30. The molecule has 0 heterocycles. The largest absolute Gasteiger partial charge is 0.492 e. The predicted octanol–water partition coefficient (Wildman–Crippen LogP) is 3.55. The summed E-state index contributed by atoms with van der Waals surface area (Å²) in [6, 6.07) is 12.5. The molecule has 0 atom stereocenters. The lowest BCUT2D eigenvalue weighted by Crippen LogP contribution is -2.32. The third-order valence-electron chi connectivity index (χ3n) is 4.40. The molecule has 2 aromatic rings. The molecule has 142 valence electrons. The van der Waals surface area contributed by atoms with E-state index in [1.807, 2.05) is 6.07 Å². The fraction of sp³-hybridized carbons (Fsp3) is 0.333. The van der Waals surface area contributed by atoms with Gasteiger partial charge in [0.15, 0.2) is 0 Å². The van der Waals surface area contributed by atoms with E-state index in [2.05, 4.69) is 22.8 Å². The fourth-order valence-corrected chi connectivity index (χ4v) is 3.12. The van der Waals surface area contributed by atoms with E-state index in [0.29, 0.717) is 24.4 Å². The SMILES string of the molecule is CCOC(=O)c1ccccc1NC(=O)NCCOc1ccc2c(c1)CCC2. The molecule has 6 heteroatoms. The maximum absolute atomic E-state index is 12.1. The highest BCUT2D eigenvalue weighted by atomic mass is 16.5. The zero-order chi connectivity index (χ0) is 19.1. The molecule has 1 aliphatic rings. The van der Waals surface area contributed by atoms with Crippen molar-refractivity contribution in [3.05, 3.63) is 59.2 Å². The molecule has 0 aliphatic heterocycles. The van der Waals surface area contributed by atoms with Crippen molar-refractivity contribution in [3.63, 3.8) is 0 Å². The van der Waals surface area contributed by atoms with Crippen molar-refractivity contribution < 1.29 is 19.1 Å². The van der Waals surface area contributed by atoms with Crippen LogP contribution in [0.4, 0.5) is 10.5 Å². The average molecular weight is 368 g/mol. The van der Waals surface area contributed by atoms with Crippen LogP contribution in [-0.2, 0) is 17.6 Å². The van der Waals surface area contributed by atoms with Crippen LogP contribution in [0.1, 0.15) is 34.8 Å².